The normalized spacial score (nSPS) is 12.3. The average Bonchev–Trinajstić information content (AvgIpc) is 2.59. The van der Waals surface area contributed by atoms with Crippen molar-refractivity contribution >= 4 is 28.6 Å². The zero-order chi connectivity index (χ0) is 18.0. The van der Waals surface area contributed by atoms with E-state index in [0.29, 0.717) is 34.2 Å². The van der Waals surface area contributed by atoms with Gasteiger partial charge in [0.1, 0.15) is 5.65 Å². The summed E-state index contributed by atoms with van der Waals surface area (Å²) >= 11 is 6.24. The minimum absolute atomic E-state index is 0.0295. The fraction of sp³-hybridized carbons (Fsp3) is 0.278. The highest BCUT2D eigenvalue weighted by Crippen LogP contribution is 2.27. The highest BCUT2D eigenvalue weighted by Gasteiger charge is 2.13. The molecule has 0 saturated carbocycles. The fourth-order valence-electron chi connectivity index (χ4n) is 2.68. The van der Waals surface area contributed by atoms with Crippen molar-refractivity contribution in [2.24, 2.45) is 7.05 Å². The molecule has 1 aromatic carbocycles. The number of nitrogens with one attached hydrogen (secondary N) is 1. The topological polar surface area (TPSA) is 80.0 Å². The maximum Gasteiger partial charge on any atom is 0.259 e. The van der Waals surface area contributed by atoms with E-state index in [2.05, 4.69) is 15.3 Å². The van der Waals surface area contributed by atoms with Gasteiger partial charge in [-0.15, -0.1) is 0 Å². The lowest BCUT2D eigenvalue weighted by atomic mass is 10.1. The Morgan fingerprint density at radius 2 is 2.08 bits per heavy atom. The Bertz CT molecular complexity index is 971. The Hall–Kier alpha value is -2.44. The number of anilines is 1. The number of nitrogens with zero attached hydrogens (tertiary/aromatic N) is 3. The summed E-state index contributed by atoms with van der Waals surface area (Å²) in [7, 11) is 1.68. The van der Waals surface area contributed by atoms with Crippen LogP contribution in [0.15, 0.2) is 41.3 Å². The van der Waals surface area contributed by atoms with Gasteiger partial charge in [-0.25, -0.2) is 4.98 Å². The third-order valence-corrected chi connectivity index (χ3v) is 4.38. The zero-order valence-corrected chi connectivity index (χ0v) is 14.8. The van der Waals surface area contributed by atoms with Gasteiger partial charge in [0.25, 0.3) is 5.56 Å². The number of pyridine rings is 1. The van der Waals surface area contributed by atoms with Crippen LogP contribution in [0.2, 0.25) is 5.02 Å². The Balaban J connectivity index is 2.09. The average molecular weight is 359 g/mol. The van der Waals surface area contributed by atoms with Crippen LogP contribution in [0.25, 0.3) is 22.2 Å². The molecule has 0 radical (unpaired) electrons. The van der Waals surface area contributed by atoms with Crippen LogP contribution in [0, 0.1) is 0 Å². The van der Waals surface area contributed by atoms with Crippen LogP contribution in [-0.2, 0) is 7.05 Å². The summed E-state index contributed by atoms with van der Waals surface area (Å²) in [4.78, 5) is 21.5. The van der Waals surface area contributed by atoms with E-state index in [1.54, 1.807) is 25.4 Å². The summed E-state index contributed by atoms with van der Waals surface area (Å²) in [6.45, 7) is 2.02. The van der Waals surface area contributed by atoms with Crippen molar-refractivity contribution in [2.75, 3.05) is 11.9 Å². The van der Waals surface area contributed by atoms with E-state index >= 15 is 0 Å². The molecule has 0 bridgehead atoms. The molecule has 0 aliphatic heterocycles. The summed E-state index contributed by atoms with van der Waals surface area (Å²) in [6, 6.07) is 9.04. The molecule has 0 aliphatic carbocycles. The molecular formula is C18H19ClN4O2. The minimum Gasteiger partial charge on any atom is -0.396 e. The summed E-state index contributed by atoms with van der Waals surface area (Å²) in [5.74, 6) is 0.425. The number of halogens is 1. The lowest BCUT2D eigenvalue weighted by molar-refractivity contribution is 0.282. The van der Waals surface area contributed by atoms with Crippen molar-refractivity contribution in [3.63, 3.8) is 0 Å². The van der Waals surface area contributed by atoms with Crippen LogP contribution in [0.1, 0.15) is 13.3 Å². The summed E-state index contributed by atoms with van der Waals surface area (Å²) in [6.07, 6.45) is 2.27. The molecule has 1 unspecified atom stereocenters. The van der Waals surface area contributed by atoms with Gasteiger partial charge >= 0.3 is 0 Å². The van der Waals surface area contributed by atoms with E-state index in [1.807, 2.05) is 25.1 Å². The number of hydrogen-bond acceptors (Lipinski definition) is 5. The van der Waals surface area contributed by atoms with Crippen molar-refractivity contribution in [3.8, 4) is 11.1 Å². The zero-order valence-electron chi connectivity index (χ0n) is 14.0. The monoisotopic (exact) mass is 358 g/mol. The quantitative estimate of drug-likeness (QED) is 0.733. The Kier molecular flexibility index (Phi) is 5.01. The SMILES string of the molecule is CC(CCO)Nc1ncc2cc(-c3ccccc3Cl)c(=O)n(C)c2n1. The van der Waals surface area contributed by atoms with E-state index in [1.165, 1.54) is 4.57 Å². The number of benzene rings is 1. The van der Waals surface area contributed by atoms with Crippen molar-refractivity contribution in [1.29, 1.82) is 0 Å². The van der Waals surface area contributed by atoms with Gasteiger partial charge in [-0.2, -0.15) is 4.98 Å². The van der Waals surface area contributed by atoms with E-state index < -0.39 is 0 Å². The van der Waals surface area contributed by atoms with Crippen LogP contribution < -0.4 is 10.9 Å². The molecule has 2 N–H and O–H groups in total. The standard InChI is InChI=1S/C18H19ClN4O2/c1-11(7-8-24)21-18-20-10-12-9-14(13-5-3-4-6-15(13)19)17(25)23(2)16(12)22-18/h3-6,9-11,24H,7-8H2,1-2H3,(H,20,21,22). The number of aryl methyl sites for hydroxylation is 1. The molecule has 0 aliphatic rings. The molecule has 3 rings (SSSR count). The second-order valence-corrected chi connectivity index (χ2v) is 6.34. The first kappa shape index (κ1) is 17.4. The Morgan fingerprint density at radius 3 is 2.80 bits per heavy atom. The van der Waals surface area contributed by atoms with Crippen molar-refractivity contribution in [3.05, 3.63) is 51.9 Å². The van der Waals surface area contributed by atoms with Crippen LogP contribution in [0.3, 0.4) is 0 Å². The molecule has 1 atom stereocenters. The van der Waals surface area contributed by atoms with Gasteiger partial charge in [0.15, 0.2) is 0 Å². The molecule has 6 nitrogen and oxygen atoms in total. The lowest BCUT2D eigenvalue weighted by Crippen LogP contribution is -2.22. The summed E-state index contributed by atoms with van der Waals surface area (Å²) in [5, 5.41) is 13.4. The fourth-order valence-corrected chi connectivity index (χ4v) is 2.91. The van der Waals surface area contributed by atoms with E-state index in [-0.39, 0.29) is 18.2 Å². The molecular weight excluding hydrogens is 340 g/mol. The van der Waals surface area contributed by atoms with E-state index in [4.69, 9.17) is 16.7 Å². The number of hydrogen-bond donors (Lipinski definition) is 2. The van der Waals surface area contributed by atoms with Crippen LogP contribution in [-0.4, -0.2) is 32.3 Å². The maximum absolute atomic E-state index is 12.8. The molecule has 0 saturated heterocycles. The lowest BCUT2D eigenvalue weighted by Gasteiger charge is -2.14. The van der Waals surface area contributed by atoms with Crippen LogP contribution >= 0.6 is 11.6 Å². The van der Waals surface area contributed by atoms with Gasteiger partial charge in [0, 0.05) is 47.4 Å². The highest BCUT2D eigenvalue weighted by atomic mass is 35.5. The predicted octanol–water partition coefficient (Wildman–Crippen LogP) is 2.83. The van der Waals surface area contributed by atoms with E-state index in [9.17, 15) is 4.79 Å². The molecule has 0 spiro atoms. The summed E-state index contributed by atoms with van der Waals surface area (Å²) < 4.78 is 1.50. The highest BCUT2D eigenvalue weighted by molar-refractivity contribution is 6.33. The molecule has 0 fully saturated rings. The second kappa shape index (κ2) is 7.21. The van der Waals surface area contributed by atoms with E-state index in [0.717, 1.165) is 5.39 Å². The smallest absolute Gasteiger partial charge is 0.259 e. The largest absolute Gasteiger partial charge is 0.396 e. The first-order valence-corrected chi connectivity index (χ1v) is 8.38. The first-order chi connectivity index (χ1) is 12.0. The first-order valence-electron chi connectivity index (χ1n) is 8.00. The Morgan fingerprint density at radius 1 is 1.32 bits per heavy atom. The van der Waals surface area contributed by atoms with Gasteiger partial charge in [0.05, 0.1) is 0 Å². The summed E-state index contributed by atoms with van der Waals surface area (Å²) in [5.41, 5.74) is 1.56. The molecule has 130 valence electrons. The van der Waals surface area contributed by atoms with Crippen LogP contribution in [0.4, 0.5) is 5.95 Å². The number of fused-ring (bicyclic) bond motifs is 1. The molecule has 0 amide bonds. The van der Waals surface area contributed by atoms with Crippen LogP contribution in [0.5, 0.6) is 0 Å². The molecule has 3 aromatic rings. The van der Waals surface area contributed by atoms with Crippen molar-refractivity contribution in [1.82, 2.24) is 14.5 Å². The third-order valence-electron chi connectivity index (χ3n) is 4.05. The number of aliphatic hydroxyl groups excluding tert-OH is 1. The Labute approximate surface area is 150 Å². The molecule has 2 aromatic heterocycles. The molecule has 2 heterocycles. The second-order valence-electron chi connectivity index (χ2n) is 5.93. The van der Waals surface area contributed by atoms with Crippen molar-refractivity contribution < 1.29 is 5.11 Å². The number of rotatable bonds is 5. The predicted molar refractivity (Wildman–Crippen MR) is 100 cm³/mol. The number of aromatic nitrogens is 3. The molecule has 7 heteroatoms. The van der Waals surface area contributed by atoms with Gasteiger partial charge < -0.3 is 10.4 Å². The van der Waals surface area contributed by atoms with Gasteiger partial charge in [-0.3, -0.25) is 9.36 Å². The van der Waals surface area contributed by atoms with Gasteiger partial charge in [0.2, 0.25) is 5.95 Å². The van der Waals surface area contributed by atoms with Gasteiger partial charge in [-0.1, -0.05) is 29.8 Å². The minimum atomic E-state index is -0.173. The number of aliphatic hydroxyl groups is 1. The maximum atomic E-state index is 12.8. The van der Waals surface area contributed by atoms with Gasteiger partial charge in [-0.05, 0) is 25.5 Å². The third kappa shape index (κ3) is 3.50. The molecule has 25 heavy (non-hydrogen) atoms. The van der Waals surface area contributed by atoms with Crippen molar-refractivity contribution in [2.45, 2.75) is 19.4 Å².